The van der Waals surface area contributed by atoms with Crippen molar-refractivity contribution in [2.75, 3.05) is 52.5 Å². The number of carbonyl (C=O) groups excluding carboxylic acids is 2. The summed E-state index contributed by atoms with van der Waals surface area (Å²) in [6.07, 6.45) is 3.49. The van der Waals surface area contributed by atoms with Gasteiger partial charge in [0.05, 0.1) is 23.6 Å². The third kappa shape index (κ3) is 4.98. The second-order valence-electron chi connectivity index (χ2n) is 8.69. The molecule has 0 radical (unpaired) electrons. The predicted molar refractivity (Wildman–Crippen MR) is 130 cm³/mol. The maximum absolute atomic E-state index is 13.1. The van der Waals surface area contributed by atoms with Crippen molar-refractivity contribution in [1.82, 2.24) is 19.7 Å². The van der Waals surface area contributed by atoms with Crippen molar-refractivity contribution in [3.05, 3.63) is 53.5 Å². The topological polar surface area (TPSA) is 66.8 Å². The number of carbonyl (C=O) groups is 2. The molecule has 1 N–H and O–H groups in total. The molecule has 0 aliphatic carbocycles. The first-order valence-electron chi connectivity index (χ1n) is 11.7. The summed E-state index contributed by atoms with van der Waals surface area (Å²) in [6.45, 7) is 6.19. The van der Waals surface area contributed by atoms with Gasteiger partial charge in [-0.3, -0.25) is 14.5 Å². The van der Waals surface area contributed by atoms with Gasteiger partial charge in [-0.1, -0.05) is 18.2 Å². The lowest BCUT2D eigenvalue weighted by Gasteiger charge is -2.31. The fourth-order valence-corrected chi connectivity index (χ4v) is 5.63. The molecule has 2 saturated heterocycles. The Morgan fingerprint density at radius 1 is 1.00 bits per heavy atom. The summed E-state index contributed by atoms with van der Waals surface area (Å²) < 4.78 is 7.49. The number of fused-ring (bicyclic) bond motifs is 1. The zero-order valence-electron chi connectivity index (χ0n) is 18.7. The van der Waals surface area contributed by atoms with Crippen molar-refractivity contribution in [2.24, 2.45) is 5.92 Å². The molecule has 7 nitrogen and oxygen atoms in total. The van der Waals surface area contributed by atoms with Crippen molar-refractivity contribution >= 4 is 34.1 Å². The molecule has 174 valence electrons. The molecule has 1 aromatic carbocycles. The number of nitrogens with one attached hydrogen (secondary N) is 1. The number of hydrogen-bond acceptors (Lipinski definition) is 5. The van der Waals surface area contributed by atoms with Gasteiger partial charge in [0.1, 0.15) is 5.00 Å². The van der Waals surface area contributed by atoms with Crippen LogP contribution in [0.3, 0.4) is 0 Å². The van der Waals surface area contributed by atoms with Gasteiger partial charge in [-0.2, -0.15) is 0 Å². The molecule has 5 rings (SSSR count). The van der Waals surface area contributed by atoms with Gasteiger partial charge in [0, 0.05) is 51.4 Å². The van der Waals surface area contributed by atoms with Gasteiger partial charge in [-0.05, 0) is 42.5 Å². The van der Waals surface area contributed by atoms with E-state index < -0.39 is 0 Å². The molecule has 4 heterocycles. The van der Waals surface area contributed by atoms with Crippen LogP contribution < -0.4 is 5.32 Å². The third-order valence-electron chi connectivity index (χ3n) is 6.62. The molecule has 2 amide bonds. The van der Waals surface area contributed by atoms with Crippen molar-refractivity contribution in [1.29, 1.82) is 0 Å². The van der Waals surface area contributed by atoms with E-state index in [1.54, 1.807) is 0 Å². The van der Waals surface area contributed by atoms with Crippen LogP contribution in [0, 0.1) is 5.92 Å². The molecular formula is C25H30N4O3S. The molecule has 33 heavy (non-hydrogen) atoms. The molecule has 0 bridgehead atoms. The van der Waals surface area contributed by atoms with Crippen LogP contribution in [0.2, 0.25) is 0 Å². The van der Waals surface area contributed by atoms with Gasteiger partial charge in [0.15, 0.2) is 0 Å². The molecular weight excluding hydrogens is 436 g/mol. The minimum Gasteiger partial charge on any atom is -0.379 e. The van der Waals surface area contributed by atoms with Gasteiger partial charge < -0.3 is 19.5 Å². The minimum absolute atomic E-state index is 0.0103. The van der Waals surface area contributed by atoms with E-state index in [1.807, 2.05) is 35.4 Å². The highest BCUT2D eigenvalue weighted by Crippen LogP contribution is 2.28. The fraction of sp³-hybridized carbons (Fsp3) is 0.440. The van der Waals surface area contributed by atoms with Crippen molar-refractivity contribution in [3.8, 4) is 5.00 Å². The van der Waals surface area contributed by atoms with Gasteiger partial charge >= 0.3 is 0 Å². The summed E-state index contributed by atoms with van der Waals surface area (Å²) in [5, 5.41) is 5.30. The Balaban J connectivity index is 1.12. The van der Waals surface area contributed by atoms with Crippen LogP contribution in [0.1, 0.15) is 22.5 Å². The Morgan fingerprint density at radius 2 is 1.79 bits per heavy atom. The first kappa shape index (κ1) is 22.1. The monoisotopic (exact) mass is 466 g/mol. The summed E-state index contributed by atoms with van der Waals surface area (Å²) in [4.78, 5) is 30.6. The van der Waals surface area contributed by atoms with Gasteiger partial charge in [0.2, 0.25) is 5.91 Å². The summed E-state index contributed by atoms with van der Waals surface area (Å²) in [5.74, 6) is 0.172. The van der Waals surface area contributed by atoms with Gasteiger partial charge in [0.25, 0.3) is 5.91 Å². The smallest absolute Gasteiger partial charge is 0.263 e. The number of benzene rings is 1. The van der Waals surface area contributed by atoms with E-state index in [9.17, 15) is 9.59 Å². The van der Waals surface area contributed by atoms with Crippen LogP contribution in [-0.4, -0.2) is 78.7 Å². The number of ether oxygens (including phenoxy) is 1. The molecule has 2 fully saturated rings. The lowest BCUT2D eigenvalue weighted by molar-refractivity contribution is -0.126. The Kier molecular flexibility index (Phi) is 6.75. The number of hydrogen-bond donors (Lipinski definition) is 1. The van der Waals surface area contributed by atoms with Crippen LogP contribution in [0.15, 0.2) is 48.7 Å². The zero-order valence-corrected chi connectivity index (χ0v) is 19.6. The van der Waals surface area contributed by atoms with Crippen molar-refractivity contribution < 1.29 is 14.3 Å². The van der Waals surface area contributed by atoms with Crippen molar-refractivity contribution in [3.63, 3.8) is 0 Å². The Hall–Kier alpha value is -2.68. The van der Waals surface area contributed by atoms with Crippen molar-refractivity contribution in [2.45, 2.75) is 12.8 Å². The summed E-state index contributed by atoms with van der Waals surface area (Å²) in [7, 11) is 0. The zero-order chi connectivity index (χ0) is 22.6. The molecule has 0 atom stereocenters. The van der Waals surface area contributed by atoms with E-state index in [1.165, 1.54) is 16.7 Å². The van der Waals surface area contributed by atoms with E-state index in [0.717, 1.165) is 61.1 Å². The highest BCUT2D eigenvalue weighted by atomic mass is 32.1. The lowest BCUT2D eigenvalue weighted by atomic mass is 9.96. The van der Waals surface area contributed by atoms with E-state index in [2.05, 4.69) is 33.0 Å². The van der Waals surface area contributed by atoms with Crippen LogP contribution in [0.25, 0.3) is 15.9 Å². The second kappa shape index (κ2) is 10.1. The van der Waals surface area contributed by atoms with Crippen LogP contribution in [-0.2, 0) is 9.53 Å². The van der Waals surface area contributed by atoms with E-state index >= 15 is 0 Å². The average molecular weight is 467 g/mol. The average Bonchev–Trinajstić information content (AvgIpc) is 3.52. The van der Waals surface area contributed by atoms with Crippen LogP contribution >= 0.6 is 11.3 Å². The number of morpholine rings is 1. The molecule has 3 aromatic rings. The predicted octanol–water partition coefficient (Wildman–Crippen LogP) is 2.99. The number of piperidine rings is 1. The summed E-state index contributed by atoms with van der Waals surface area (Å²) >= 11 is 1.52. The first-order valence-corrected chi connectivity index (χ1v) is 12.5. The highest BCUT2D eigenvalue weighted by Gasteiger charge is 2.28. The normalized spacial score (nSPS) is 18.0. The Bertz CT molecular complexity index is 1110. The number of para-hydroxylation sites is 1. The lowest BCUT2D eigenvalue weighted by Crippen LogP contribution is -2.45. The first-order chi connectivity index (χ1) is 16.2. The SMILES string of the molecule is O=C(NCCN1CCOCC1)C1CCN(C(=O)c2ccc(-n3ccc4ccccc43)s2)CC1. The standard InChI is InChI=1S/C25H30N4O3S/c30-24(26-10-14-27-15-17-32-18-16-27)20-7-11-28(12-8-20)25(31)22-5-6-23(33-22)29-13-9-19-3-1-2-4-21(19)29/h1-6,9,13,20H,7-8,10-12,14-18H2,(H,26,30). The highest BCUT2D eigenvalue weighted by molar-refractivity contribution is 7.16. The minimum atomic E-state index is -0.0103. The fourth-order valence-electron chi connectivity index (χ4n) is 4.65. The Labute approximate surface area is 197 Å². The maximum atomic E-state index is 13.1. The number of amides is 2. The molecule has 8 heteroatoms. The third-order valence-corrected chi connectivity index (χ3v) is 7.70. The summed E-state index contributed by atoms with van der Waals surface area (Å²) in [6, 6.07) is 14.3. The number of nitrogens with zero attached hydrogens (tertiary/aromatic N) is 3. The van der Waals surface area contributed by atoms with Gasteiger partial charge in [-0.15, -0.1) is 11.3 Å². The number of aromatic nitrogens is 1. The Morgan fingerprint density at radius 3 is 2.61 bits per heavy atom. The van der Waals surface area contributed by atoms with Gasteiger partial charge in [-0.25, -0.2) is 0 Å². The van der Waals surface area contributed by atoms with E-state index in [4.69, 9.17) is 4.74 Å². The van der Waals surface area contributed by atoms with E-state index in [-0.39, 0.29) is 17.7 Å². The van der Waals surface area contributed by atoms with E-state index in [0.29, 0.717) is 19.6 Å². The molecule has 2 aliphatic rings. The molecule has 0 spiro atoms. The second-order valence-corrected chi connectivity index (χ2v) is 9.76. The molecule has 2 aliphatic heterocycles. The quantitative estimate of drug-likeness (QED) is 0.607. The number of likely N-dealkylation sites (tertiary alicyclic amines) is 1. The van der Waals surface area contributed by atoms with Crippen LogP contribution in [0.5, 0.6) is 0 Å². The summed E-state index contributed by atoms with van der Waals surface area (Å²) in [5.41, 5.74) is 1.14. The number of thiophene rings is 1. The number of rotatable bonds is 6. The van der Waals surface area contributed by atoms with Crippen LogP contribution in [0.4, 0.5) is 0 Å². The largest absolute Gasteiger partial charge is 0.379 e. The maximum Gasteiger partial charge on any atom is 0.263 e. The molecule has 0 saturated carbocycles. The molecule has 2 aromatic heterocycles. The molecule has 0 unspecified atom stereocenters.